The van der Waals surface area contributed by atoms with Crippen LogP contribution in [0.5, 0.6) is 5.75 Å². The number of amides is 1. The molecular formula is C18H26FIN4O3. The van der Waals surface area contributed by atoms with E-state index in [0.29, 0.717) is 30.4 Å². The van der Waals surface area contributed by atoms with Gasteiger partial charge in [0.15, 0.2) is 12.8 Å². The highest BCUT2D eigenvalue weighted by atomic mass is 127. The Morgan fingerprint density at radius 2 is 2.11 bits per heavy atom. The van der Waals surface area contributed by atoms with Crippen LogP contribution >= 0.6 is 24.0 Å². The number of ether oxygens (including phenoxy) is 2. The Balaban J connectivity index is 0.00000261. The standard InChI is InChI=1S/C18H25FN4O3.HI/c1-12(24)23-5-3-16(4-6-23)22-18(20-2)21-9-13-7-15(19)8-14-10-25-11-26-17(13)14;/h7-8,16H,3-6,9-11H2,1-2H3,(H2,20,21,22);1H. The molecule has 9 heteroatoms. The lowest BCUT2D eigenvalue weighted by molar-refractivity contribution is -0.129. The fraction of sp³-hybridized carbons (Fsp3) is 0.556. The van der Waals surface area contributed by atoms with Crippen LogP contribution in [0, 0.1) is 5.82 Å². The second-order valence-electron chi connectivity index (χ2n) is 6.51. The summed E-state index contributed by atoms with van der Waals surface area (Å²) < 4.78 is 24.6. The highest BCUT2D eigenvalue weighted by Gasteiger charge is 2.22. The molecule has 150 valence electrons. The molecule has 0 atom stereocenters. The van der Waals surface area contributed by atoms with Gasteiger partial charge < -0.3 is 25.0 Å². The predicted molar refractivity (Wildman–Crippen MR) is 111 cm³/mol. The van der Waals surface area contributed by atoms with Gasteiger partial charge in [0.25, 0.3) is 0 Å². The Kier molecular flexibility index (Phi) is 8.08. The molecule has 0 aliphatic carbocycles. The lowest BCUT2D eigenvalue weighted by Crippen LogP contribution is -2.49. The normalized spacial score (nSPS) is 17.4. The molecule has 1 saturated heterocycles. The van der Waals surface area contributed by atoms with Crippen LogP contribution in [0.15, 0.2) is 17.1 Å². The van der Waals surface area contributed by atoms with Crippen LogP contribution in [0.3, 0.4) is 0 Å². The quantitative estimate of drug-likeness (QED) is 0.384. The van der Waals surface area contributed by atoms with Crippen molar-refractivity contribution in [3.05, 3.63) is 29.1 Å². The monoisotopic (exact) mass is 492 g/mol. The molecule has 2 N–H and O–H groups in total. The molecule has 0 aromatic heterocycles. The highest BCUT2D eigenvalue weighted by molar-refractivity contribution is 14.0. The van der Waals surface area contributed by atoms with Crippen molar-refractivity contribution in [2.45, 2.75) is 39.0 Å². The van der Waals surface area contributed by atoms with Crippen LogP contribution < -0.4 is 15.4 Å². The van der Waals surface area contributed by atoms with Crippen molar-refractivity contribution < 1.29 is 18.7 Å². The van der Waals surface area contributed by atoms with Crippen molar-refractivity contribution in [2.24, 2.45) is 4.99 Å². The van der Waals surface area contributed by atoms with Gasteiger partial charge in [-0.15, -0.1) is 24.0 Å². The first-order chi connectivity index (χ1) is 12.6. The Bertz CT molecular complexity index is 693. The van der Waals surface area contributed by atoms with Gasteiger partial charge in [-0.3, -0.25) is 9.79 Å². The number of hydrogen-bond acceptors (Lipinski definition) is 4. The number of hydrogen-bond donors (Lipinski definition) is 2. The van der Waals surface area contributed by atoms with Crippen molar-refractivity contribution in [2.75, 3.05) is 26.9 Å². The maximum atomic E-state index is 13.8. The summed E-state index contributed by atoms with van der Waals surface area (Å²) in [5.41, 5.74) is 1.45. The molecule has 1 aromatic rings. The van der Waals surface area contributed by atoms with Crippen LogP contribution in [0.2, 0.25) is 0 Å². The van der Waals surface area contributed by atoms with E-state index in [9.17, 15) is 9.18 Å². The number of guanidine groups is 1. The summed E-state index contributed by atoms with van der Waals surface area (Å²) in [4.78, 5) is 17.5. The first-order valence-corrected chi connectivity index (χ1v) is 8.81. The summed E-state index contributed by atoms with van der Waals surface area (Å²) >= 11 is 0. The largest absolute Gasteiger partial charge is 0.467 e. The SMILES string of the molecule is CN=C(NCc1cc(F)cc2c1OCOC2)NC1CCN(C(C)=O)CC1.I. The van der Waals surface area contributed by atoms with Gasteiger partial charge in [0.2, 0.25) is 5.91 Å². The topological polar surface area (TPSA) is 75.2 Å². The molecular weight excluding hydrogens is 466 g/mol. The highest BCUT2D eigenvalue weighted by Crippen LogP contribution is 2.29. The molecule has 7 nitrogen and oxygen atoms in total. The molecule has 2 aliphatic rings. The number of likely N-dealkylation sites (tertiary alicyclic amines) is 1. The number of nitrogens with one attached hydrogen (secondary N) is 2. The Hall–Kier alpha value is -1.62. The number of rotatable bonds is 3. The minimum atomic E-state index is -0.311. The predicted octanol–water partition coefficient (Wildman–Crippen LogP) is 1.99. The van der Waals surface area contributed by atoms with E-state index in [1.54, 1.807) is 14.0 Å². The zero-order valence-corrected chi connectivity index (χ0v) is 17.9. The Labute approximate surface area is 175 Å². The lowest BCUT2D eigenvalue weighted by Gasteiger charge is -2.32. The molecule has 2 aliphatic heterocycles. The average Bonchev–Trinajstić information content (AvgIpc) is 2.65. The molecule has 1 amide bonds. The first-order valence-electron chi connectivity index (χ1n) is 8.81. The molecule has 1 fully saturated rings. The summed E-state index contributed by atoms with van der Waals surface area (Å²) in [6.45, 7) is 4.01. The molecule has 0 spiro atoms. The molecule has 0 bridgehead atoms. The summed E-state index contributed by atoms with van der Waals surface area (Å²) in [6, 6.07) is 3.16. The number of fused-ring (bicyclic) bond motifs is 1. The molecule has 2 heterocycles. The van der Waals surface area contributed by atoms with E-state index >= 15 is 0 Å². The number of halogens is 2. The van der Waals surface area contributed by atoms with Crippen LogP contribution in [-0.2, 0) is 22.7 Å². The second-order valence-corrected chi connectivity index (χ2v) is 6.51. The van der Waals surface area contributed by atoms with E-state index in [0.717, 1.165) is 31.5 Å². The number of aliphatic imine (C=N–C) groups is 1. The third kappa shape index (κ3) is 5.68. The lowest BCUT2D eigenvalue weighted by atomic mass is 10.1. The van der Waals surface area contributed by atoms with Crippen molar-refractivity contribution in [3.8, 4) is 5.75 Å². The van der Waals surface area contributed by atoms with Gasteiger partial charge >= 0.3 is 0 Å². The first kappa shape index (κ1) is 21.7. The van der Waals surface area contributed by atoms with Crippen molar-refractivity contribution in [3.63, 3.8) is 0 Å². The van der Waals surface area contributed by atoms with Crippen LogP contribution in [0.4, 0.5) is 4.39 Å². The van der Waals surface area contributed by atoms with E-state index in [4.69, 9.17) is 9.47 Å². The van der Waals surface area contributed by atoms with Crippen molar-refractivity contribution >= 4 is 35.8 Å². The van der Waals surface area contributed by atoms with Crippen LogP contribution in [0.25, 0.3) is 0 Å². The minimum absolute atomic E-state index is 0. The average molecular weight is 492 g/mol. The van der Waals surface area contributed by atoms with E-state index in [1.807, 2.05) is 4.90 Å². The van der Waals surface area contributed by atoms with Gasteiger partial charge in [0, 0.05) is 50.8 Å². The zero-order valence-electron chi connectivity index (χ0n) is 15.6. The smallest absolute Gasteiger partial charge is 0.219 e. The van der Waals surface area contributed by atoms with Crippen LogP contribution in [-0.4, -0.2) is 49.7 Å². The molecule has 27 heavy (non-hydrogen) atoms. The van der Waals surface area contributed by atoms with Crippen molar-refractivity contribution in [1.29, 1.82) is 0 Å². The zero-order chi connectivity index (χ0) is 18.5. The van der Waals surface area contributed by atoms with E-state index < -0.39 is 0 Å². The molecule has 1 aromatic carbocycles. The van der Waals surface area contributed by atoms with E-state index in [2.05, 4.69) is 15.6 Å². The number of piperidine rings is 1. The third-order valence-electron chi connectivity index (χ3n) is 4.70. The maximum absolute atomic E-state index is 13.8. The summed E-state index contributed by atoms with van der Waals surface area (Å²) in [7, 11) is 1.70. The fourth-order valence-corrected chi connectivity index (χ4v) is 3.29. The summed E-state index contributed by atoms with van der Waals surface area (Å²) in [6.07, 6.45) is 1.74. The molecule has 0 radical (unpaired) electrons. The number of nitrogens with zero attached hydrogens (tertiary/aromatic N) is 2. The number of carbonyl (C=O) groups is 1. The minimum Gasteiger partial charge on any atom is -0.467 e. The number of carbonyl (C=O) groups excluding carboxylic acids is 1. The number of benzene rings is 1. The third-order valence-corrected chi connectivity index (χ3v) is 4.70. The van der Waals surface area contributed by atoms with E-state index in [-0.39, 0.29) is 48.5 Å². The molecule has 0 unspecified atom stereocenters. The van der Waals surface area contributed by atoms with Gasteiger partial charge in [-0.1, -0.05) is 0 Å². The summed E-state index contributed by atoms with van der Waals surface area (Å²) in [5, 5.41) is 6.59. The van der Waals surface area contributed by atoms with Gasteiger partial charge in [0.05, 0.1) is 6.61 Å². The summed E-state index contributed by atoms with van der Waals surface area (Å²) in [5.74, 6) is 1.13. The van der Waals surface area contributed by atoms with Crippen LogP contribution in [0.1, 0.15) is 30.9 Å². The van der Waals surface area contributed by atoms with Crippen molar-refractivity contribution in [1.82, 2.24) is 15.5 Å². The Morgan fingerprint density at radius 3 is 2.78 bits per heavy atom. The molecule has 3 rings (SSSR count). The van der Waals surface area contributed by atoms with Gasteiger partial charge in [0.1, 0.15) is 11.6 Å². The van der Waals surface area contributed by atoms with E-state index in [1.165, 1.54) is 12.1 Å². The van der Waals surface area contributed by atoms with Gasteiger partial charge in [-0.2, -0.15) is 0 Å². The van der Waals surface area contributed by atoms with Gasteiger partial charge in [-0.25, -0.2) is 4.39 Å². The fourth-order valence-electron chi connectivity index (χ4n) is 3.29. The second kappa shape index (κ2) is 10.1. The maximum Gasteiger partial charge on any atom is 0.219 e. The van der Waals surface area contributed by atoms with Gasteiger partial charge in [-0.05, 0) is 25.0 Å². The Morgan fingerprint density at radius 1 is 1.37 bits per heavy atom. The molecule has 0 saturated carbocycles.